The van der Waals surface area contributed by atoms with Gasteiger partial charge in [-0.25, -0.2) is 9.59 Å². The Hall–Kier alpha value is -3.99. The maximum Gasteiger partial charge on any atom is 0.409 e. The van der Waals surface area contributed by atoms with Crippen molar-refractivity contribution in [2.75, 3.05) is 52.1 Å². The van der Waals surface area contributed by atoms with Crippen LogP contribution in [-0.4, -0.2) is 155 Å². The molecular weight excluding hydrogens is 986 g/mol. The Morgan fingerprint density at radius 3 is 2.51 bits per heavy atom. The van der Waals surface area contributed by atoms with Gasteiger partial charge in [-0.3, -0.25) is 34.2 Å². The van der Waals surface area contributed by atoms with Gasteiger partial charge in [0.15, 0.2) is 5.72 Å². The minimum atomic E-state index is -1.86. The number of carbonyl (C=O) groups excluding carboxylic acids is 7. The van der Waals surface area contributed by atoms with E-state index in [-0.39, 0.29) is 78.6 Å². The third-order valence-electron chi connectivity index (χ3n) is 13.3. The number of rotatable bonds is 17. The Bertz CT molecular complexity index is 2220. The van der Waals surface area contributed by atoms with Crippen molar-refractivity contribution in [3.63, 3.8) is 0 Å². The van der Waals surface area contributed by atoms with Crippen molar-refractivity contribution in [1.82, 2.24) is 20.4 Å². The summed E-state index contributed by atoms with van der Waals surface area (Å²) in [4.78, 5) is 95.2. The smallest absolute Gasteiger partial charge is 0.409 e. The second-order valence-electron chi connectivity index (χ2n) is 19.1. The Kier molecular flexibility index (Phi) is 19.6. The Morgan fingerprint density at radius 1 is 1.14 bits per heavy atom. The molecule has 3 fully saturated rings. The largest absolute Gasteiger partial charge is 0.495 e. The number of aliphatic hydroxyl groups is 1. The fraction of sp³-hybridized carbons (Fsp3) is 0.646. The summed E-state index contributed by atoms with van der Waals surface area (Å²) in [5.74, 6) is -1.89. The zero-order valence-corrected chi connectivity index (χ0v) is 44.8. The second kappa shape index (κ2) is 24.2. The summed E-state index contributed by atoms with van der Waals surface area (Å²) in [7, 11) is 9.17. The van der Waals surface area contributed by atoms with Gasteiger partial charge in [0.05, 0.1) is 30.6 Å². The van der Waals surface area contributed by atoms with Gasteiger partial charge >= 0.3 is 12.1 Å². The number of carbonyl (C=O) groups is 7. The van der Waals surface area contributed by atoms with E-state index in [1.165, 1.54) is 31.1 Å². The molecule has 388 valence electrons. The molecule has 3 N–H and O–H groups in total. The summed E-state index contributed by atoms with van der Waals surface area (Å²) in [5.41, 5.74) is -1.08. The highest BCUT2D eigenvalue weighted by Crippen LogP contribution is 2.49. The topological polar surface area (TPSA) is 223 Å². The quantitative estimate of drug-likeness (QED) is 0.0383. The number of imide groups is 1. The number of hydrogen-bond donors (Lipinski definition) is 4. The van der Waals surface area contributed by atoms with Gasteiger partial charge in [0.1, 0.15) is 40.7 Å². The van der Waals surface area contributed by atoms with E-state index in [2.05, 4.69) is 23.3 Å². The molecular formula is C48H68ClN5O13S3. The number of allylic oxidation sites excluding steroid dienone is 3. The molecule has 5 rings (SSSR count). The predicted molar refractivity (Wildman–Crippen MR) is 271 cm³/mol. The molecule has 70 heavy (non-hydrogen) atoms. The highest BCUT2D eigenvalue weighted by molar-refractivity contribution is 8.77. The number of benzene rings is 1. The van der Waals surface area contributed by atoms with E-state index in [1.54, 1.807) is 73.7 Å². The first kappa shape index (κ1) is 56.9. The van der Waals surface area contributed by atoms with Crippen molar-refractivity contribution in [2.24, 2.45) is 5.92 Å². The number of esters is 1. The highest BCUT2D eigenvalue weighted by Gasteiger charge is 2.64. The number of thiol groups is 1. The van der Waals surface area contributed by atoms with Crippen LogP contribution in [0.25, 0.3) is 0 Å². The van der Waals surface area contributed by atoms with Gasteiger partial charge < -0.3 is 43.9 Å². The number of hydrogen-bond acceptors (Lipinski definition) is 16. The number of ether oxygens (including phenoxy) is 5. The van der Waals surface area contributed by atoms with Gasteiger partial charge in [-0.2, -0.15) is 12.6 Å². The number of nitrogens with zero attached hydrogens (tertiary/aromatic N) is 3. The molecule has 3 saturated heterocycles. The number of likely N-dealkylation sites (N-methyl/N-ethyl adjacent to an activating group) is 1. The normalized spacial score (nSPS) is 29.0. The highest BCUT2D eigenvalue weighted by atomic mass is 35.5. The Morgan fingerprint density at radius 2 is 1.86 bits per heavy atom. The molecule has 22 heteroatoms. The third kappa shape index (κ3) is 14.2. The van der Waals surface area contributed by atoms with Crippen molar-refractivity contribution in [2.45, 2.75) is 145 Å². The van der Waals surface area contributed by atoms with Crippen molar-refractivity contribution in [3.05, 3.63) is 46.5 Å². The average Bonchev–Trinajstić information content (AvgIpc) is 3.94. The molecule has 1 aromatic carbocycles. The van der Waals surface area contributed by atoms with Crippen LogP contribution in [0.3, 0.4) is 0 Å². The standard InChI is InChI=1S/C48H68ClN5O13S3/c1-27-13-11-14-35(64-10)48(62)26-33(65-45(61)51-48)28(2)42-47(6,67-42)36(25-39(57)53(8)31-22-30(21-27)23-32(63-9)41(31)49)66-44(60)29(3)52(7)38(56)16-17-46(4,5)70-69-20-12-15-37(55)50-18-19-54-40(58)24-34(68)43(54)59/h11,13-14,22-23,28-29,33-36,42,62,68H,12,15-21,24-26H2,1-10H3,(H,50,55)(H,51,61)/b14-11+,27-13+/t28-,29+,33+,34?,35-,36+,42+,47+,48+/m1/s1. The minimum absolute atomic E-state index is 0.0644. The van der Waals surface area contributed by atoms with E-state index < -0.39 is 70.9 Å². The van der Waals surface area contributed by atoms with Crippen LogP contribution in [-0.2, 0) is 54.1 Å². The fourth-order valence-electron chi connectivity index (χ4n) is 8.63. The predicted octanol–water partition coefficient (Wildman–Crippen LogP) is 5.41. The van der Waals surface area contributed by atoms with Crippen LogP contribution in [0.5, 0.6) is 5.75 Å². The van der Waals surface area contributed by atoms with Gasteiger partial charge in [0, 0.05) is 76.4 Å². The molecule has 0 radical (unpaired) electrons. The Labute approximate surface area is 428 Å². The van der Waals surface area contributed by atoms with Gasteiger partial charge in [0.2, 0.25) is 29.5 Å². The number of nitrogens with one attached hydrogen (secondary N) is 2. The van der Waals surface area contributed by atoms with E-state index in [9.17, 15) is 38.7 Å². The first-order valence-corrected chi connectivity index (χ1v) is 26.5. The number of alkyl carbamates (subject to hydrolysis) is 1. The number of epoxide rings is 1. The van der Waals surface area contributed by atoms with Crippen LogP contribution in [0.15, 0.2) is 35.9 Å². The van der Waals surface area contributed by atoms with Crippen LogP contribution in [0.1, 0.15) is 92.1 Å². The molecule has 9 atom stereocenters. The fourth-order valence-corrected chi connectivity index (χ4v) is 11.9. The minimum Gasteiger partial charge on any atom is -0.495 e. The number of likely N-dealkylation sites (tertiary alicyclic amines) is 1. The third-order valence-corrected chi connectivity index (χ3v) is 17.5. The summed E-state index contributed by atoms with van der Waals surface area (Å²) in [5, 5.41) is 16.7. The number of anilines is 1. The number of fused-ring (bicyclic) bond motifs is 5. The van der Waals surface area contributed by atoms with Crippen LogP contribution in [0, 0.1) is 5.92 Å². The lowest BCUT2D eigenvalue weighted by atomic mass is 9.83. The molecule has 4 aliphatic rings. The molecule has 18 nitrogen and oxygen atoms in total. The Balaban J connectivity index is 1.23. The van der Waals surface area contributed by atoms with E-state index >= 15 is 0 Å². The lowest BCUT2D eigenvalue weighted by molar-refractivity contribution is -0.162. The van der Waals surface area contributed by atoms with Crippen molar-refractivity contribution in [1.29, 1.82) is 0 Å². The summed E-state index contributed by atoms with van der Waals surface area (Å²) >= 11 is 10.9. The number of amides is 6. The van der Waals surface area contributed by atoms with E-state index in [1.807, 2.05) is 26.8 Å². The number of halogens is 1. The van der Waals surface area contributed by atoms with E-state index in [0.717, 1.165) is 16.0 Å². The van der Waals surface area contributed by atoms with E-state index in [0.29, 0.717) is 36.5 Å². The maximum atomic E-state index is 14.3. The molecule has 0 spiro atoms. The molecule has 0 aliphatic carbocycles. The molecule has 0 saturated carbocycles. The monoisotopic (exact) mass is 1050 g/mol. The van der Waals surface area contributed by atoms with Crippen molar-refractivity contribution in [3.8, 4) is 5.75 Å². The van der Waals surface area contributed by atoms with Gasteiger partial charge in [-0.05, 0) is 71.6 Å². The van der Waals surface area contributed by atoms with Gasteiger partial charge in [-0.15, -0.1) is 0 Å². The second-order valence-corrected chi connectivity index (χ2v) is 23.3. The molecule has 1 aromatic rings. The van der Waals surface area contributed by atoms with Gasteiger partial charge in [-0.1, -0.05) is 63.9 Å². The molecule has 4 heterocycles. The van der Waals surface area contributed by atoms with Crippen molar-refractivity contribution >= 4 is 93.1 Å². The molecule has 0 aromatic heterocycles. The molecule has 1 unspecified atom stereocenters. The first-order valence-electron chi connectivity index (χ1n) is 23.3. The SMILES string of the molecule is COc1cc2cc(c1Cl)N(C)C(=O)C[C@H](OC(=O)[C@H](C)N(C)C(=O)CCC(C)(C)SSCCCC(=O)NCCN1C(=O)CC(S)C1=O)[C@]1(C)O[C@H]1[C@H](C)[C@@H]1C[C@@](O)(NC(=O)O1)[C@H](OC)/C=C/C=C(\C)C2. The van der Waals surface area contributed by atoms with Gasteiger partial charge in [0.25, 0.3) is 0 Å². The summed E-state index contributed by atoms with van der Waals surface area (Å²) in [6.45, 7) is 11.3. The maximum absolute atomic E-state index is 14.3. The first-order chi connectivity index (χ1) is 32.8. The van der Waals surface area contributed by atoms with E-state index in [4.69, 9.17) is 35.3 Å². The van der Waals surface area contributed by atoms with Crippen molar-refractivity contribution < 1.29 is 62.4 Å². The zero-order chi connectivity index (χ0) is 51.9. The molecule has 6 amide bonds. The van der Waals surface area contributed by atoms with Crippen LogP contribution in [0.4, 0.5) is 10.5 Å². The molecule has 4 bridgehead atoms. The van der Waals surface area contributed by atoms with Crippen LogP contribution in [0.2, 0.25) is 5.02 Å². The van der Waals surface area contributed by atoms with Crippen LogP contribution >= 0.6 is 45.8 Å². The summed E-state index contributed by atoms with van der Waals surface area (Å²) in [6.07, 6.45) is 2.16. The lowest BCUT2D eigenvalue weighted by Crippen LogP contribution is -2.63. The lowest BCUT2D eigenvalue weighted by Gasteiger charge is -2.42. The summed E-state index contributed by atoms with van der Waals surface area (Å²) in [6, 6.07) is 2.50. The number of methoxy groups -OCH3 is 2. The molecule has 4 aliphatic heterocycles. The summed E-state index contributed by atoms with van der Waals surface area (Å²) < 4.78 is 29.1. The average molecular weight is 1050 g/mol. The zero-order valence-electron chi connectivity index (χ0n) is 41.5. The van der Waals surface area contributed by atoms with Crippen LogP contribution < -0.4 is 20.3 Å².